The smallest absolute Gasteiger partial charge is 0.251 e. The second-order valence-electron chi connectivity index (χ2n) is 9.44. The number of amides is 2. The minimum absolute atomic E-state index is 0.00810. The summed E-state index contributed by atoms with van der Waals surface area (Å²) in [5, 5.41) is 9.40. The molecule has 2 amide bonds. The topological polar surface area (TPSA) is 95.6 Å². The predicted molar refractivity (Wildman–Crippen MR) is 154 cm³/mol. The molecule has 0 aliphatic carbocycles. The van der Waals surface area contributed by atoms with E-state index in [2.05, 4.69) is 16.7 Å². The molecule has 1 aliphatic heterocycles. The van der Waals surface area contributed by atoms with Crippen molar-refractivity contribution in [1.82, 2.24) is 14.9 Å². The molecular formula is C29H28ClN3O4S2. The van der Waals surface area contributed by atoms with Crippen LogP contribution in [0.3, 0.4) is 0 Å². The van der Waals surface area contributed by atoms with Gasteiger partial charge < -0.3 is 10.6 Å². The van der Waals surface area contributed by atoms with Crippen molar-refractivity contribution in [3.8, 4) is 0 Å². The van der Waals surface area contributed by atoms with Crippen LogP contribution in [0, 0.1) is 0 Å². The molecule has 1 saturated heterocycles. The highest BCUT2D eigenvalue weighted by Crippen LogP contribution is 2.27. The second-order valence-corrected chi connectivity index (χ2v) is 12.7. The third-order valence-corrected chi connectivity index (χ3v) is 9.96. The third-order valence-electron chi connectivity index (χ3n) is 6.83. The number of nitrogens with zero attached hydrogens (tertiary/aromatic N) is 1. The van der Waals surface area contributed by atoms with Crippen LogP contribution in [0.5, 0.6) is 0 Å². The quantitative estimate of drug-likeness (QED) is 0.293. The van der Waals surface area contributed by atoms with Crippen LogP contribution in [0.4, 0.5) is 0 Å². The molecule has 10 heteroatoms. The van der Waals surface area contributed by atoms with Crippen molar-refractivity contribution >= 4 is 54.9 Å². The highest BCUT2D eigenvalue weighted by Gasteiger charge is 2.36. The number of rotatable bonds is 8. The molecule has 202 valence electrons. The highest BCUT2D eigenvalue weighted by molar-refractivity contribution is 7.89. The van der Waals surface area contributed by atoms with E-state index >= 15 is 0 Å². The molecule has 0 bridgehead atoms. The van der Waals surface area contributed by atoms with Crippen molar-refractivity contribution in [3.63, 3.8) is 0 Å². The maximum atomic E-state index is 13.7. The molecule has 0 saturated carbocycles. The summed E-state index contributed by atoms with van der Waals surface area (Å²) in [5.74, 6) is -0.521. The summed E-state index contributed by atoms with van der Waals surface area (Å²) < 4.78 is 29.9. The fraction of sp³-hybridized carbons (Fsp3) is 0.241. The molecule has 5 rings (SSSR count). The van der Waals surface area contributed by atoms with Gasteiger partial charge in [-0.2, -0.15) is 4.31 Å². The fourth-order valence-corrected chi connectivity index (χ4v) is 7.39. The largest absolute Gasteiger partial charge is 0.355 e. The molecule has 1 aliphatic rings. The van der Waals surface area contributed by atoms with E-state index in [0.717, 1.165) is 23.8 Å². The molecule has 0 unspecified atom stereocenters. The molecule has 2 heterocycles. The van der Waals surface area contributed by atoms with Gasteiger partial charge in [0.15, 0.2) is 0 Å². The van der Waals surface area contributed by atoms with Crippen LogP contribution in [0.25, 0.3) is 10.1 Å². The Hall–Kier alpha value is -3.24. The summed E-state index contributed by atoms with van der Waals surface area (Å²) in [6, 6.07) is 20.0. The molecule has 3 aromatic carbocycles. The van der Waals surface area contributed by atoms with Crippen molar-refractivity contribution in [2.75, 3.05) is 6.54 Å². The number of fused-ring (bicyclic) bond motifs is 1. The lowest BCUT2D eigenvalue weighted by Gasteiger charge is -2.29. The van der Waals surface area contributed by atoms with Crippen LogP contribution in [0.1, 0.15) is 40.7 Å². The van der Waals surface area contributed by atoms with Gasteiger partial charge in [0.05, 0.1) is 4.90 Å². The molecule has 39 heavy (non-hydrogen) atoms. The number of benzene rings is 3. The number of hydrogen-bond donors (Lipinski definition) is 2. The first kappa shape index (κ1) is 27.3. The lowest BCUT2D eigenvalue weighted by molar-refractivity contribution is -0.124. The molecule has 4 aromatic rings. The number of thiophene rings is 1. The van der Waals surface area contributed by atoms with Gasteiger partial charge in [-0.25, -0.2) is 8.42 Å². The lowest BCUT2D eigenvalue weighted by atomic mass is 10.1. The first-order valence-corrected chi connectivity index (χ1v) is 15.4. The van der Waals surface area contributed by atoms with Crippen LogP contribution in [0.15, 0.2) is 83.1 Å². The average molecular weight is 582 g/mol. The number of carbonyl (C=O) groups excluding carboxylic acids is 2. The van der Waals surface area contributed by atoms with E-state index in [4.69, 9.17) is 11.6 Å². The normalized spacial score (nSPS) is 16.2. The number of halogens is 1. The summed E-state index contributed by atoms with van der Waals surface area (Å²) >= 11 is 7.62. The highest BCUT2D eigenvalue weighted by atomic mass is 35.5. The van der Waals surface area contributed by atoms with Gasteiger partial charge in [-0.05, 0) is 83.6 Å². The van der Waals surface area contributed by atoms with E-state index in [-0.39, 0.29) is 23.3 Å². The van der Waals surface area contributed by atoms with Crippen LogP contribution in [-0.2, 0) is 27.9 Å². The van der Waals surface area contributed by atoms with E-state index in [1.165, 1.54) is 33.3 Å². The Balaban J connectivity index is 1.34. The Kier molecular flexibility index (Phi) is 8.32. The van der Waals surface area contributed by atoms with E-state index in [1.807, 2.05) is 23.6 Å². The van der Waals surface area contributed by atoms with Crippen LogP contribution < -0.4 is 10.6 Å². The van der Waals surface area contributed by atoms with Crippen molar-refractivity contribution in [1.29, 1.82) is 0 Å². The SMILES string of the molecule is O=C(NCc1csc2ccccc12)c1ccc(CN([C@@H]2CCCCNC2=O)S(=O)(=O)c2ccc(Cl)cc2)cc1. The Bertz CT molecular complexity index is 1590. The van der Waals surface area contributed by atoms with Gasteiger partial charge in [0.25, 0.3) is 5.91 Å². The van der Waals surface area contributed by atoms with Crippen LogP contribution in [0.2, 0.25) is 5.02 Å². The van der Waals surface area contributed by atoms with Crippen LogP contribution in [-0.4, -0.2) is 37.1 Å². The average Bonchev–Trinajstić information content (AvgIpc) is 3.24. The number of sulfonamides is 1. The maximum Gasteiger partial charge on any atom is 0.251 e. The Labute approximate surface area is 236 Å². The fourth-order valence-electron chi connectivity index (χ4n) is 4.69. The first-order chi connectivity index (χ1) is 18.8. The zero-order valence-corrected chi connectivity index (χ0v) is 23.5. The van der Waals surface area contributed by atoms with Crippen molar-refractivity contribution < 1.29 is 18.0 Å². The van der Waals surface area contributed by atoms with E-state index in [9.17, 15) is 18.0 Å². The van der Waals surface area contributed by atoms with E-state index < -0.39 is 16.1 Å². The van der Waals surface area contributed by atoms with E-state index in [1.54, 1.807) is 35.6 Å². The van der Waals surface area contributed by atoms with Gasteiger partial charge in [0, 0.05) is 34.9 Å². The molecule has 1 aromatic heterocycles. The van der Waals surface area contributed by atoms with E-state index in [0.29, 0.717) is 35.7 Å². The summed E-state index contributed by atoms with van der Waals surface area (Å²) in [6.07, 6.45) is 1.95. The number of carbonyl (C=O) groups is 2. The minimum Gasteiger partial charge on any atom is -0.355 e. The standard InChI is InChI=1S/C29H28ClN3O4S2/c30-23-12-14-24(15-13-23)39(36,37)33(26-6-3-4-16-31-29(26)35)18-20-8-10-21(11-9-20)28(34)32-17-22-19-38-27-7-2-1-5-25(22)27/h1-2,5,7-15,19,26H,3-4,6,16-18H2,(H,31,35)(H,32,34)/t26-/m1/s1. The summed E-state index contributed by atoms with van der Waals surface area (Å²) in [6.45, 7) is 0.926. The summed E-state index contributed by atoms with van der Waals surface area (Å²) in [7, 11) is -4.01. The molecule has 1 atom stereocenters. The van der Waals surface area contributed by atoms with Crippen LogP contribution >= 0.6 is 22.9 Å². The number of hydrogen-bond acceptors (Lipinski definition) is 5. The van der Waals surface area contributed by atoms with Crippen molar-refractivity contribution in [3.05, 3.63) is 99.9 Å². The molecule has 7 nitrogen and oxygen atoms in total. The molecule has 2 N–H and O–H groups in total. The Morgan fingerprint density at radius 3 is 2.54 bits per heavy atom. The summed E-state index contributed by atoms with van der Waals surface area (Å²) in [5.41, 5.74) is 2.20. The van der Waals surface area contributed by atoms with Gasteiger partial charge in [-0.1, -0.05) is 41.9 Å². The first-order valence-electron chi connectivity index (χ1n) is 12.7. The molecule has 1 fully saturated rings. The lowest BCUT2D eigenvalue weighted by Crippen LogP contribution is -2.48. The van der Waals surface area contributed by atoms with Gasteiger partial charge in [-0.3, -0.25) is 9.59 Å². The minimum atomic E-state index is -4.01. The predicted octanol–water partition coefficient (Wildman–Crippen LogP) is 5.34. The molecule has 0 spiro atoms. The Morgan fingerprint density at radius 1 is 1.03 bits per heavy atom. The van der Waals surface area contributed by atoms with Gasteiger partial charge in [-0.15, -0.1) is 11.3 Å². The number of nitrogens with one attached hydrogen (secondary N) is 2. The molecule has 0 radical (unpaired) electrons. The zero-order chi connectivity index (χ0) is 27.4. The third kappa shape index (κ3) is 6.17. The van der Waals surface area contributed by atoms with Crippen molar-refractivity contribution in [2.45, 2.75) is 43.3 Å². The summed E-state index contributed by atoms with van der Waals surface area (Å²) in [4.78, 5) is 25.8. The Morgan fingerprint density at radius 2 is 1.77 bits per heavy atom. The monoisotopic (exact) mass is 581 g/mol. The second kappa shape index (κ2) is 11.9. The van der Waals surface area contributed by atoms with Crippen molar-refractivity contribution in [2.24, 2.45) is 0 Å². The molecular weight excluding hydrogens is 554 g/mol. The maximum absolute atomic E-state index is 13.7. The van der Waals surface area contributed by atoms with Gasteiger partial charge in [0.1, 0.15) is 6.04 Å². The van der Waals surface area contributed by atoms with Gasteiger partial charge in [0.2, 0.25) is 15.9 Å². The van der Waals surface area contributed by atoms with Gasteiger partial charge >= 0.3 is 0 Å². The zero-order valence-electron chi connectivity index (χ0n) is 21.1.